The molecule has 1 rings (SSSR count). The third kappa shape index (κ3) is 2.21. The van der Waals surface area contributed by atoms with Crippen LogP contribution in [-0.2, 0) is 4.12 Å². The van der Waals surface area contributed by atoms with Crippen LogP contribution in [-0.4, -0.2) is 19.5 Å². The first-order valence-electron chi connectivity index (χ1n) is 4.37. The van der Waals surface area contributed by atoms with Crippen LogP contribution in [0.25, 0.3) is 0 Å². The Kier molecular flexibility index (Phi) is 3.66. The molecule has 0 spiro atoms. The lowest BCUT2D eigenvalue weighted by Crippen LogP contribution is -2.21. The zero-order valence-electron chi connectivity index (χ0n) is 7.10. The molecule has 1 aliphatic carbocycles. The SMILES string of the molecule is C[SiH](O[SiH3])C1CCCCC1. The van der Waals surface area contributed by atoms with Gasteiger partial charge in [0, 0.05) is 0 Å². The highest BCUT2D eigenvalue weighted by molar-refractivity contribution is 6.55. The zero-order chi connectivity index (χ0) is 7.40. The molecule has 0 aromatic heterocycles. The van der Waals surface area contributed by atoms with Crippen molar-refractivity contribution in [2.75, 3.05) is 0 Å². The summed E-state index contributed by atoms with van der Waals surface area (Å²) >= 11 is 0. The average molecular weight is 174 g/mol. The molecular weight excluding hydrogens is 156 g/mol. The van der Waals surface area contributed by atoms with E-state index >= 15 is 0 Å². The molecule has 0 N–H and O–H groups in total. The van der Waals surface area contributed by atoms with Crippen molar-refractivity contribution in [2.45, 2.75) is 44.2 Å². The number of rotatable bonds is 2. The summed E-state index contributed by atoms with van der Waals surface area (Å²) in [5.74, 6) is 0. The predicted molar refractivity (Wildman–Crippen MR) is 50.9 cm³/mol. The van der Waals surface area contributed by atoms with Gasteiger partial charge >= 0.3 is 0 Å². The molecule has 1 fully saturated rings. The van der Waals surface area contributed by atoms with E-state index in [0.717, 1.165) is 16.0 Å². The van der Waals surface area contributed by atoms with Crippen molar-refractivity contribution in [3.63, 3.8) is 0 Å². The van der Waals surface area contributed by atoms with Crippen LogP contribution >= 0.6 is 0 Å². The van der Waals surface area contributed by atoms with Gasteiger partial charge < -0.3 is 4.12 Å². The monoisotopic (exact) mass is 174 g/mol. The van der Waals surface area contributed by atoms with E-state index < -0.39 is 9.04 Å². The molecule has 10 heavy (non-hydrogen) atoms. The van der Waals surface area contributed by atoms with Crippen LogP contribution in [0.1, 0.15) is 32.1 Å². The second kappa shape index (κ2) is 4.31. The lowest BCUT2D eigenvalue weighted by atomic mass is 10.0. The molecule has 1 atom stereocenters. The summed E-state index contributed by atoms with van der Waals surface area (Å²) in [6.07, 6.45) is 7.34. The van der Waals surface area contributed by atoms with E-state index in [1.165, 1.54) is 32.1 Å². The summed E-state index contributed by atoms with van der Waals surface area (Å²) in [5.41, 5.74) is 1.02. The maximum atomic E-state index is 5.57. The van der Waals surface area contributed by atoms with Crippen LogP contribution in [0.3, 0.4) is 0 Å². The second-order valence-electron chi connectivity index (χ2n) is 3.34. The molecule has 60 valence electrons. The standard InChI is InChI=1S/C7H18OSi2/c1-10(8-9)7-5-3-2-4-6-7/h7,10H,2-6H2,1,9H3. The summed E-state index contributed by atoms with van der Waals surface area (Å²) in [7, 11) is 0.267. The average Bonchev–Trinajstić information content (AvgIpc) is 2.05. The number of hydrogen-bond donors (Lipinski definition) is 0. The minimum atomic E-state index is -0.701. The van der Waals surface area contributed by atoms with Crippen LogP contribution in [0.15, 0.2) is 0 Å². The van der Waals surface area contributed by atoms with Gasteiger partial charge in [0.15, 0.2) is 9.04 Å². The first-order valence-corrected chi connectivity index (χ1v) is 7.48. The van der Waals surface area contributed by atoms with Crippen LogP contribution in [0, 0.1) is 0 Å². The molecule has 0 heterocycles. The van der Waals surface area contributed by atoms with E-state index in [-0.39, 0.29) is 0 Å². The van der Waals surface area contributed by atoms with Crippen molar-refractivity contribution in [2.24, 2.45) is 0 Å². The maximum Gasteiger partial charge on any atom is 0.162 e. The quantitative estimate of drug-likeness (QED) is 0.567. The molecule has 0 aliphatic heterocycles. The van der Waals surface area contributed by atoms with Gasteiger partial charge in [-0.1, -0.05) is 32.1 Å². The highest BCUT2D eigenvalue weighted by Crippen LogP contribution is 2.30. The largest absolute Gasteiger partial charge is 0.465 e. The molecule has 0 amide bonds. The topological polar surface area (TPSA) is 9.23 Å². The fourth-order valence-electron chi connectivity index (χ4n) is 1.80. The van der Waals surface area contributed by atoms with Gasteiger partial charge in [-0.25, -0.2) is 0 Å². The molecule has 0 aromatic rings. The lowest BCUT2D eigenvalue weighted by molar-refractivity contribution is 0.466. The Balaban J connectivity index is 2.24. The van der Waals surface area contributed by atoms with Gasteiger partial charge in [-0.05, 0) is 12.1 Å². The van der Waals surface area contributed by atoms with Gasteiger partial charge in [0.2, 0.25) is 0 Å². The fourth-order valence-corrected chi connectivity index (χ4v) is 4.75. The highest BCUT2D eigenvalue weighted by atomic mass is 28.3. The van der Waals surface area contributed by atoms with Crippen LogP contribution in [0.4, 0.5) is 0 Å². The van der Waals surface area contributed by atoms with Crippen LogP contribution < -0.4 is 0 Å². The van der Waals surface area contributed by atoms with Crippen molar-refractivity contribution in [3.05, 3.63) is 0 Å². The fraction of sp³-hybridized carbons (Fsp3) is 1.00. The summed E-state index contributed by atoms with van der Waals surface area (Å²) in [4.78, 5) is 0. The zero-order valence-corrected chi connectivity index (χ0v) is 10.3. The van der Waals surface area contributed by atoms with Gasteiger partial charge in [-0.2, -0.15) is 0 Å². The Morgan fingerprint density at radius 1 is 1.30 bits per heavy atom. The van der Waals surface area contributed by atoms with E-state index in [2.05, 4.69) is 6.55 Å². The van der Waals surface area contributed by atoms with E-state index in [4.69, 9.17) is 4.12 Å². The first-order chi connectivity index (χ1) is 4.84. The Morgan fingerprint density at radius 2 is 1.90 bits per heavy atom. The van der Waals surface area contributed by atoms with Gasteiger partial charge in [0.05, 0.1) is 0 Å². The van der Waals surface area contributed by atoms with E-state index in [9.17, 15) is 0 Å². The maximum absolute atomic E-state index is 5.57. The molecule has 1 aliphatic rings. The summed E-state index contributed by atoms with van der Waals surface area (Å²) < 4.78 is 5.57. The van der Waals surface area contributed by atoms with E-state index in [0.29, 0.717) is 0 Å². The Morgan fingerprint density at radius 3 is 2.40 bits per heavy atom. The molecular formula is C7H18OSi2. The smallest absolute Gasteiger partial charge is 0.162 e. The molecule has 0 radical (unpaired) electrons. The normalized spacial score (nSPS) is 24.9. The first kappa shape index (κ1) is 8.49. The van der Waals surface area contributed by atoms with Gasteiger partial charge in [0.25, 0.3) is 0 Å². The summed E-state index contributed by atoms with van der Waals surface area (Å²) in [6.45, 7) is 2.36. The molecule has 1 saturated carbocycles. The highest BCUT2D eigenvalue weighted by Gasteiger charge is 2.20. The summed E-state index contributed by atoms with van der Waals surface area (Å²) in [6, 6.07) is 0. The minimum absolute atomic E-state index is 0.701. The summed E-state index contributed by atoms with van der Waals surface area (Å²) in [5, 5.41) is 0. The van der Waals surface area contributed by atoms with E-state index in [1.807, 2.05) is 0 Å². The Hall–Kier alpha value is 0.394. The molecule has 1 unspecified atom stereocenters. The third-order valence-corrected chi connectivity index (χ3v) is 7.65. The second-order valence-corrected chi connectivity index (χ2v) is 7.58. The minimum Gasteiger partial charge on any atom is -0.465 e. The molecule has 3 heteroatoms. The van der Waals surface area contributed by atoms with Crippen molar-refractivity contribution >= 4 is 19.5 Å². The van der Waals surface area contributed by atoms with Crippen LogP contribution in [0.5, 0.6) is 0 Å². The molecule has 0 saturated heterocycles. The van der Waals surface area contributed by atoms with Crippen LogP contribution in [0.2, 0.25) is 12.1 Å². The van der Waals surface area contributed by atoms with Crippen molar-refractivity contribution in [1.29, 1.82) is 0 Å². The van der Waals surface area contributed by atoms with Crippen molar-refractivity contribution in [1.82, 2.24) is 0 Å². The number of hydrogen-bond acceptors (Lipinski definition) is 1. The molecule has 1 nitrogen and oxygen atoms in total. The molecule has 0 bridgehead atoms. The Bertz CT molecular complexity index is 91.6. The van der Waals surface area contributed by atoms with Crippen molar-refractivity contribution < 1.29 is 4.12 Å². The van der Waals surface area contributed by atoms with Gasteiger partial charge in [-0.3, -0.25) is 0 Å². The van der Waals surface area contributed by atoms with E-state index in [1.54, 1.807) is 0 Å². The van der Waals surface area contributed by atoms with Crippen molar-refractivity contribution in [3.8, 4) is 0 Å². The Labute approximate surface area is 68.4 Å². The lowest BCUT2D eigenvalue weighted by Gasteiger charge is -2.25. The third-order valence-electron chi connectivity index (χ3n) is 2.69. The molecule has 0 aromatic carbocycles. The van der Waals surface area contributed by atoms with Gasteiger partial charge in [-0.15, -0.1) is 0 Å². The van der Waals surface area contributed by atoms with Gasteiger partial charge in [0.1, 0.15) is 10.5 Å². The predicted octanol–water partition coefficient (Wildman–Crippen LogP) is 0.971.